The van der Waals surface area contributed by atoms with Gasteiger partial charge in [-0.15, -0.1) is 0 Å². The molecule has 5 nitrogen and oxygen atoms in total. The summed E-state index contributed by atoms with van der Waals surface area (Å²) in [5, 5.41) is 0. The van der Waals surface area contributed by atoms with Gasteiger partial charge in [0, 0.05) is 44.8 Å². The molecule has 2 aliphatic rings. The zero-order valence-electron chi connectivity index (χ0n) is 14.9. The van der Waals surface area contributed by atoms with Gasteiger partial charge in [-0.1, -0.05) is 24.6 Å². The molecule has 2 amide bonds. The zero-order chi connectivity index (χ0) is 17.3. The second kappa shape index (κ2) is 6.93. The van der Waals surface area contributed by atoms with Gasteiger partial charge < -0.3 is 14.7 Å². The average Bonchev–Trinajstić information content (AvgIpc) is 2.96. The molecule has 2 heterocycles. The molecule has 24 heavy (non-hydrogen) atoms. The van der Waals surface area contributed by atoms with Crippen molar-refractivity contribution in [2.45, 2.75) is 27.2 Å². The highest BCUT2D eigenvalue weighted by atomic mass is 16.2. The van der Waals surface area contributed by atoms with E-state index in [4.69, 9.17) is 0 Å². The first-order valence-electron chi connectivity index (χ1n) is 8.88. The van der Waals surface area contributed by atoms with Gasteiger partial charge in [0.1, 0.15) is 0 Å². The molecule has 5 heteroatoms. The monoisotopic (exact) mass is 329 g/mol. The predicted molar refractivity (Wildman–Crippen MR) is 95.1 cm³/mol. The summed E-state index contributed by atoms with van der Waals surface area (Å²) in [6, 6.07) is 6.10. The maximum absolute atomic E-state index is 12.8. The Morgan fingerprint density at radius 1 is 1.17 bits per heavy atom. The van der Waals surface area contributed by atoms with E-state index in [9.17, 15) is 9.59 Å². The van der Waals surface area contributed by atoms with Gasteiger partial charge in [0.25, 0.3) is 0 Å². The zero-order valence-corrected chi connectivity index (χ0v) is 14.9. The van der Waals surface area contributed by atoms with Crippen LogP contribution in [-0.2, 0) is 9.59 Å². The number of hydrogen-bond donors (Lipinski definition) is 0. The standard InChI is InChI=1S/C19H27N3O2/c1-4-20-7-9-21(10-8-20)19(24)16-12-18(23)22(13-16)17-6-5-14(2)11-15(17)3/h5-6,11,16H,4,7-10,12-13H2,1-3H3/t16-/m0/s1. The molecule has 3 rings (SSSR count). The van der Waals surface area contributed by atoms with Crippen LogP contribution in [0.5, 0.6) is 0 Å². The van der Waals surface area contributed by atoms with Gasteiger partial charge in [-0.25, -0.2) is 0 Å². The first kappa shape index (κ1) is 17.0. The maximum Gasteiger partial charge on any atom is 0.228 e. The number of carbonyl (C=O) groups excluding carboxylic acids is 2. The minimum atomic E-state index is -0.202. The van der Waals surface area contributed by atoms with Crippen LogP contribution in [0.25, 0.3) is 0 Å². The molecule has 1 aromatic rings. The van der Waals surface area contributed by atoms with E-state index in [1.807, 2.05) is 30.9 Å². The Morgan fingerprint density at radius 2 is 1.88 bits per heavy atom. The molecule has 0 aliphatic carbocycles. The smallest absolute Gasteiger partial charge is 0.228 e. The van der Waals surface area contributed by atoms with E-state index in [1.165, 1.54) is 5.56 Å². The minimum absolute atomic E-state index is 0.0625. The van der Waals surface area contributed by atoms with Crippen LogP contribution in [0.3, 0.4) is 0 Å². The number of carbonyl (C=O) groups is 2. The molecule has 0 radical (unpaired) electrons. The van der Waals surface area contributed by atoms with Gasteiger partial charge in [-0.2, -0.15) is 0 Å². The molecule has 0 unspecified atom stereocenters. The van der Waals surface area contributed by atoms with Crippen molar-refractivity contribution in [3.63, 3.8) is 0 Å². The lowest BCUT2D eigenvalue weighted by molar-refractivity contribution is -0.137. The number of amides is 2. The molecule has 1 aromatic carbocycles. The highest BCUT2D eigenvalue weighted by Crippen LogP contribution is 2.29. The Bertz CT molecular complexity index is 635. The molecule has 0 spiro atoms. The summed E-state index contributed by atoms with van der Waals surface area (Å²) < 4.78 is 0. The number of piperazine rings is 1. The van der Waals surface area contributed by atoms with Crippen molar-refractivity contribution in [1.82, 2.24) is 9.80 Å². The fourth-order valence-electron chi connectivity index (χ4n) is 3.76. The van der Waals surface area contributed by atoms with Gasteiger partial charge in [-0.05, 0) is 32.0 Å². The van der Waals surface area contributed by atoms with Crippen LogP contribution in [0.4, 0.5) is 5.69 Å². The van der Waals surface area contributed by atoms with E-state index in [-0.39, 0.29) is 17.7 Å². The van der Waals surface area contributed by atoms with E-state index < -0.39 is 0 Å². The maximum atomic E-state index is 12.8. The van der Waals surface area contributed by atoms with Crippen LogP contribution in [0, 0.1) is 19.8 Å². The summed E-state index contributed by atoms with van der Waals surface area (Å²) in [6.45, 7) is 11.2. The third kappa shape index (κ3) is 3.31. The Morgan fingerprint density at radius 3 is 2.50 bits per heavy atom. The highest BCUT2D eigenvalue weighted by Gasteiger charge is 2.38. The number of nitrogens with zero attached hydrogens (tertiary/aromatic N) is 3. The van der Waals surface area contributed by atoms with E-state index in [0.717, 1.165) is 44.0 Å². The first-order valence-corrected chi connectivity index (χ1v) is 8.88. The molecule has 1 atom stereocenters. The lowest BCUT2D eigenvalue weighted by Crippen LogP contribution is -2.50. The van der Waals surface area contributed by atoms with Crippen molar-refractivity contribution in [1.29, 1.82) is 0 Å². The topological polar surface area (TPSA) is 43.9 Å². The van der Waals surface area contributed by atoms with Crippen molar-refractivity contribution in [3.05, 3.63) is 29.3 Å². The Kier molecular flexibility index (Phi) is 4.90. The summed E-state index contributed by atoms with van der Waals surface area (Å²) in [5.41, 5.74) is 3.22. The molecule has 2 fully saturated rings. The minimum Gasteiger partial charge on any atom is -0.340 e. The quantitative estimate of drug-likeness (QED) is 0.850. The number of aryl methyl sites for hydroxylation is 2. The number of benzene rings is 1. The van der Waals surface area contributed by atoms with Crippen LogP contribution < -0.4 is 4.90 Å². The summed E-state index contributed by atoms with van der Waals surface area (Å²) in [6.07, 6.45) is 0.333. The fourth-order valence-corrected chi connectivity index (χ4v) is 3.76. The Hall–Kier alpha value is -1.88. The van der Waals surface area contributed by atoms with Crippen molar-refractivity contribution in [2.24, 2.45) is 5.92 Å². The molecular weight excluding hydrogens is 302 g/mol. The molecule has 2 aliphatic heterocycles. The molecule has 0 N–H and O–H groups in total. The van der Waals surface area contributed by atoms with Crippen LogP contribution >= 0.6 is 0 Å². The summed E-state index contributed by atoms with van der Waals surface area (Å²) >= 11 is 0. The molecule has 0 saturated carbocycles. The highest BCUT2D eigenvalue weighted by molar-refractivity contribution is 6.00. The normalized spacial score (nSPS) is 22.3. The number of anilines is 1. The van der Waals surface area contributed by atoms with Crippen molar-refractivity contribution in [3.8, 4) is 0 Å². The van der Waals surface area contributed by atoms with Crippen LogP contribution in [0.1, 0.15) is 24.5 Å². The Labute approximate surface area is 144 Å². The second-order valence-corrected chi connectivity index (χ2v) is 6.95. The van der Waals surface area contributed by atoms with E-state index in [1.54, 1.807) is 4.90 Å². The Balaban J connectivity index is 1.67. The third-order valence-electron chi connectivity index (χ3n) is 5.25. The van der Waals surface area contributed by atoms with Crippen LogP contribution in [0.2, 0.25) is 0 Å². The lowest BCUT2D eigenvalue weighted by Gasteiger charge is -2.35. The molecule has 0 bridgehead atoms. The van der Waals surface area contributed by atoms with E-state index in [0.29, 0.717) is 13.0 Å². The third-order valence-corrected chi connectivity index (χ3v) is 5.25. The molecule has 0 aromatic heterocycles. The van der Waals surface area contributed by atoms with E-state index in [2.05, 4.69) is 17.9 Å². The summed E-state index contributed by atoms with van der Waals surface area (Å²) in [5.74, 6) is 0.00486. The van der Waals surface area contributed by atoms with Crippen LogP contribution in [0.15, 0.2) is 18.2 Å². The average molecular weight is 329 g/mol. The van der Waals surface area contributed by atoms with Gasteiger partial charge in [0.2, 0.25) is 11.8 Å². The first-order chi connectivity index (χ1) is 11.5. The molecule has 2 saturated heterocycles. The SMILES string of the molecule is CCN1CCN(C(=O)[C@H]2CC(=O)N(c3ccc(C)cc3C)C2)CC1. The molecule has 130 valence electrons. The predicted octanol–water partition coefficient (Wildman–Crippen LogP) is 1.82. The van der Waals surface area contributed by atoms with Gasteiger partial charge in [0.15, 0.2) is 0 Å². The van der Waals surface area contributed by atoms with Gasteiger partial charge in [-0.3, -0.25) is 9.59 Å². The second-order valence-electron chi connectivity index (χ2n) is 6.95. The van der Waals surface area contributed by atoms with Crippen molar-refractivity contribution in [2.75, 3.05) is 44.2 Å². The van der Waals surface area contributed by atoms with Crippen LogP contribution in [-0.4, -0.2) is 60.9 Å². The van der Waals surface area contributed by atoms with Gasteiger partial charge in [0.05, 0.1) is 5.92 Å². The summed E-state index contributed by atoms with van der Waals surface area (Å²) in [7, 11) is 0. The van der Waals surface area contributed by atoms with Crippen molar-refractivity contribution < 1.29 is 9.59 Å². The number of hydrogen-bond acceptors (Lipinski definition) is 3. The summed E-state index contributed by atoms with van der Waals surface area (Å²) in [4.78, 5) is 31.3. The lowest BCUT2D eigenvalue weighted by atomic mass is 10.1. The van der Waals surface area contributed by atoms with Gasteiger partial charge >= 0.3 is 0 Å². The van der Waals surface area contributed by atoms with Crippen molar-refractivity contribution >= 4 is 17.5 Å². The molecular formula is C19H27N3O2. The number of likely N-dealkylation sites (N-methyl/N-ethyl adjacent to an activating group) is 1. The largest absolute Gasteiger partial charge is 0.340 e. The number of rotatable bonds is 3. The fraction of sp³-hybridized carbons (Fsp3) is 0.579. The van der Waals surface area contributed by atoms with E-state index >= 15 is 0 Å².